The maximum absolute atomic E-state index is 13.4. The van der Waals surface area contributed by atoms with Crippen molar-refractivity contribution in [1.29, 1.82) is 0 Å². The Morgan fingerprint density at radius 1 is 1.04 bits per heavy atom. The van der Waals surface area contributed by atoms with Crippen LogP contribution in [-0.4, -0.2) is 25.1 Å². The van der Waals surface area contributed by atoms with Crippen LogP contribution in [0.15, 0.2) is 48.5 Å². The zero-order chi connectivity index (χ0) is 18.2. The van der Waals surface area contributed by atoms with E-state index in [9.17, 15) is 22.8 Å². The Labute approximate surface area is 141 Å². The van der Waals surface area contributed by atoms with Crippen molar-refractivity contribution in [1.82, 2.24) is 0 Å². The highest BCUT2D eigenvalue weighted by molar-refractivity contribution is 5.94. The molecule has 1 N–H and O–H groups in total. The van der Waals surface area contributed by atoms with Crippen LogP contribution in [0.25, 0.3) is 0 Å². The molecular weight excluding hydrogens is 339 g/mol. The van der Waals surface area contributed by atoms with Crippen molar-refractivity contribution in [3.05, 3.63) is 59.9 Å². The maximum Gasteiger partial charge on any atom is 0.387 e. The average molecular weight is 353 g/mol. The number of rotatable bonds is 7. The Morgan fingerprint density at radius 2 is 1.72 bits per heavy atom. The van der Waals surface area contributed by atoms with E-state index in [1.54, 1.807) is 6.07 Å². The zero-order valence-electron chi connectivity index (χ0n) is 12.9. The number of ether oxygens (including phenoxy) is 2. The van der Waals surface area contributed by atoms with Crippen molar-refractivity contribution < 1.29 is 32.2 Å². The molecular formula is C17H14F3NO4. The van der Waals surface area contributed by atoms with Crippen LogP contribution < -0.4 is 10.1 Å². The number of carbonyl (C=O) groups excluding carboxylic acids is 2. The number of alkyl halides is 2. The number of para-hydroxylation sites is 2. The molecule has 2 rings (SSSR count). The van der Waals surface area contributed by atoms with E-state index in [0.717, 1.165) is 0 Å². The molecule has 0 aromatic heterocycles. The summed E-state index contributed by atoms with van der Waals surface area (Å²) in [4.78, 5) is 23.4. The maximum atomic E-state index is 13.4. The lowest BCUT2D eigenvalue weighted by atomic mass is 10.1. The topological polar surface area (TPSA) is 64.6 Å². The SMILES string of the molecule is O=C(COC(=O)Cc1ccccc1F)Nc1ccccc1OC(F)F. The predicted octanol–water partition coefficient (Wildman–Crippen LogP) is 3.15. The van der Waals surface area contributed by atoms with Gasteiger partial charge in [-0.15, -0.1) is 0 Å². The van der Waals surface area contributed by atoms with Crippen molar-refractivity contribution >= 4 is 17.6 Å². The molecule has 0 aliphatic rings. The molecule has 0 heterocycles. The summed E-state index contributed by atoms with van der Waals surface area (Å²) >= 11 is 0. The second-order valence-electron chi connectivity index (χ2n) is 4.85. The largest absolute Gasteiger partial charge is 0.455 e. The Balaban J connectivity index is 1.87. The first-order valence-corrected chi connectivity index (χ1v) is 7.18. The van der Waals surface area contributed by atoms with Gasteiger partial charge in [-0.2, -0.15) is 8.78 Å². The molecule has 0 saturated heterocycles. The van der Waals surface area contributed by atoms with E-state index in [0.29, 0.717) is 0 Å². The van der Waals surface area contributed by atoms with Gasteiger partial charge in [0.05, 0.1) is 12.1 Å². The Morgan fingerprint density at radius 3 is 2.44 bits per heavy atom. The van der Waals surface area contributed by atoms with Crippen molar-refractivity contribution in [3.8, 4) is 5.75 Å². The number of esters is 1. The molecule has 0 fully saturated rings. The highest BCUT2D eigenvalue weighted by Gasteiger charge is 2.14. The lowest BCUT2D eigenvalue weighted by molar-refractivity contribution is -0.146. The van der Waals surface area contributed by atoms with Crippen molar-refractivity contribution in [2.45, 2.75) is 13.0 Å². The first-order chi connectivity index (χ1) is 12.0. The number of benzene rings is 2. The standard InChI is InChI=1S/C17H14F3NO4/c18-12-6-2-1-5-11(12)9-16(23)24-10-15(22)21-13-7-3-4-8-14(13)25-17(19)20/h1-8,17H,9-10H2,(H,21,22). The number of hydrogen-bond donors (Lipinski definition) is 1. The number of amides is 1. The van der Waals surface area contributed by atoms with Gasteiger partial charge >= 0.3 is 12.6 Å². The molecule has 0 aliphatic heterocycles. The quantitative estimate of drug-likeness (QED) is 0.777. The van der Waals surface area contributed by atoms with Gasteiger partial charge in [0.25, 0.3) is 5.91 Å². The van der Waals surface area contributed by atoms with Gasteiger partial charge in [0.15, 0.2) is 6.61 Å². The van der Waals surface area contributed by atoms with Crippen LogP contribution in [0.5, 0.6) is 5.75 Å². The molecule has 0 atom stereocenters. The summed E-state index contributed by atoms with van der Waals surface area (Å²) in [6.07, 6.45) is -0.328. The second-order valence-corrected chi connectivity index (χ2v) is 4.85. The van der Waals surface area contributed by atoms with E-state index < -0.39 is 30.9 Å². The summed E-state index contributed by atoms with van der Waals surface area (Å²) < 4.78 is 47.0. The monoisotopic (exact) mass is 353 g/mol. The van der Waals surface area contributed by atoms with E-state index in [1.165, 1.54) is 42.5 Å². The molecule has 0 radical (unpaired) electrons. The summed E-state index contributed by atoms with van der Waals surface area (Å²) in [6.45, 7) is -3.69. The number of carbonyl (C=O) groups is 2. The third kappa shape index (κ3) is 5.83. The lowest BCUT2D eigenvalue weighted by Gasteiger charge is -2.11. The Bertz CT molecular complexity index is 752. The van der Waals surface area contributed by atoms with E-state index in [4.69, 9.17) is 4.74 Å². The lowest BCUT2D eigenvalue weighted by Crippen LogP contribution is -2.22. The van der Waals surface area contributed by atoms with Gasteiger partial charge in [-0.1, -0.05) is 30.3 Å². The molecule has 0 unspecified atom stereocenters. The molecule has 1 amide bonds. The molecule has 5 nitrogen and oxygen atoms in total. The predicted molar refractivity (Wildman–Crippen MR) is 82.8 cm³/mol. The minimum absolute atomic E-state index is 0.0120. The number of anilines is 1. The first-order valence-electron chi connectivity index (χ1n) is 7.18. The summed E-state index contributed by atoms with van der Waals surface area (Å²) in [6, 6.07) is 11.3. The molecule has 2 aromatic carbocycles. The number of nitrogens with one attached hydrogen (secondary N) is 1. The van der Waals surface area contributed by atoms with Gasteiger partial charge in [-0.3, -0.25) is 9.59 Å². The molecule has 0 saturated carbocycles. The average Bonchev–Trinajstić information content (AvgIpc) is 2.56. The van der Waals surface area contributed by atoms with Crippen LogP contribution in [0, 0.1) is 5.82 Å². The van der Waals surface area contributed by atoms with Crippen LogP contribution in [0.2, 0.25) is 0 Å². The fraction of sp³-hybridized carbons (Fsp3) is 0.176. The van der Waals surface area contributed by atoms with Crippen LogP contribution >= 0.6 is 0 Å². The third-order valence-electron chi connectivity index (χ3n) is 3.03. The van der Waals surface area contributed by atoms with Crippen LogP contribution in [0.1, 0.15) is 5.56 Å². The van der Waals surface area contributed by atoms with Crippen molar-refractivity contribution in [2.75, 3.05) is 11.9 Å². The van der Waals surface area contributed by atoms with Crippen LogP contribution in [0.4, 0.5) is 18.9 Å². The normalized spacial score (nSPS) is 10.4. The van der Waals surface area contributed by atoms with E-state index in [-0.39, 0.29) is 23.4 Å². The highest BCUT2D eigenvalue weighted by atomic mass is 19.3. The fourth-order valence-corrected chi connectivity index (χ4v) is 1.95. The number of hydrogen-bond acceptors (Lipinski definition) is 4. The van der Waals surface area contributed by atoms with Gasteiger partial charge in [-0.05, 0) is 23.8 Å². The van der Waals surface area contributed by atoms with E-state index >= 15 is 0 Å². The number of halogens is 3. The molecule has 8 heteroatoms. The van der Waals surface area contributed by atoms with Gasteiger partial charge in [-0.25, -0.2) is 4.39 Å². The van der Waals surface area contributed by atoms with Crippen LogP contribution in [0.3, 0.4) is 0 Å². The minimum Gasteiger partial charge on any atom is -0.455 e. The highest BCUT2D eigenvalue weighted by Crippen LogP contribution is 2.25. The van der Waals surface area contributed by atoms with E-state index in [1.807, 2.05) is 0 Å². The van der Waals surface area contributed by atoms with Crippen molar-refractivity contribution in [3.63, 3.8) is 0 Å². The molecule has 2 aromatic rings. The van der Waals surface area contributed by atoms with Gasteiger partial charge in [0, 0.05) is 0 Å². The first kappa shape index (κ1) is 18.3. The summed E-state index contributed by atoms with van der Waals surface area (Å²) in [5.41, 5.74) is 0.154. The Hall–Kier alpha value is -3.03. The van der Waals surface area contributed by atoms with Gasteiger partial charge in [0.1, 0.15) is 11.6 Å². The summed E-state index contributed by atoms with van der Waals surface area (Å²) in [5, 5.41) is 2.30. The molecule has 25 heavy (non-hydrogen) atoms. The van der Waals surface area contributed by atoms with E-state index in [2.05, 4.69) is 10.1 Å². The van der Waals surface area contributed by atoms with Gasteiger partial charge in [0.2, 0.25) is 0 Å². The second kappa shape index (κ2) is 8.72. The molecule has 0 spiro atoms. The zero-order valence-corrected chi connectivity index (χ0v) is 12.9. The minimum atomic E-state index is -3.04. The summed E-state index contributed by atoms with van der Waals surface area (Å²) in [5.74, 6) is -2.31. The molecule has 0 aliphatic carbocycles. The van der Waals surface area contributed by atoms with Crippen molar-refractivity contribution in [2.24, 2.45) is 0 Å². The third-order valence-corrected chi connectivity index (χ3v) is 3.03. The Kier molecular flexibility index (Phi) is 6.39. The molecule has 0 bridgehead atoms. The summed E-state index contributed by atoms with van der Waals surface area (Å²) in [7, 11) is 0. The fourth-order valence-electron chi connectivity index (χ4n) is 1.95. The molecule has 132 valence electrons. The van der Waals surface area contributed by atoms with Crippen LogP contribution in [-0.2, 0) is 20.7 Å². The smallest absolute Gasteiger partial charge is 0.387 e. The van der Waals surface area contributed by atoms with Gasteiger partial charge < -0.3 is 14.8 Å².